The summed E-state index contributed by atoms with van der Waals surface area (Å²) in [7, 11) is 3.29. The third-order valence-corrected chi connectivity index (χ3v) is 7.91. The first-order chi connectivity index (χ1) is 18.8. The van der Waals surface area contributed by atoms with Gasteiger partial charge in [0.2, 0.25) is 5.91 Å². The molecule has 3 aromatic rings. The second kappa shape index (κ2) is 11.9. The van der Waals surface area contributed by atoms with E-state index in [1.165, 1.54) is 4.90 Å². The largest absolute Gasteiger partial charge is 0.497 e. The van der Waals surface area contributed by atoms with Crippen LogP contribution in [0.4, 0.5) is 10.5 Å². The maximum absolute atomic E-state index is 13.8. The van der Waals surface area contributed by atoms with Crippen LogP contribution >= 0.6 is 39.1 Å². The van der Waals surface area contributed by atoms with Crippen molar-refractivity contribution in [3.63, 3.8) is 0 Å². The number of anilines is 1. The molecule has 0 saturated carbocycles. The molecular formula is C30H31BrCl2N2O5. The van der Waals surface area contributed by atoms with Gasteiger partial charge in [-0.05, 0) is 74.7 Å². The van der Waals surface area contributed by atoms with Crippen LogP contribution in [0.3, 0.4) is 0 Å². The highest BCUT2D eigenvalue weighted by atomic mass is 79.9. The van der Waals surface area contributed by atoms with Gasteiger partial charge < -0.3 is 19.1 Å². The SMILES string of the molecule is COc1cc(C)c2c(c1)N(C(=O)OC(C)(C)C)C(C(=O)N(C)Cc1ccc(Oc3ccc(Cl)c(Cl)c3)cc1Br)C2. The maximum atomic E-state index is 13.8. The van der Waals surface area contributed by atoms with Crippen LogP contribution in [0.15, 0.2) is 53.0 Å². The number of fused-ring (bicyclic) bond motifs is 1. The summed E-state index contributed by atoms with van der Waals surface area (Å²) in [5.41, 5.74) is 2.64. The predicted molar refractivity (Wildman–Crippen MR) is 161 cm³/mol. The van der Waals surface area contributed by atoms with Crippen molar-refractivity contribution in [3.8, 4) is 17.2 Å². The molecule has 1 atom stereocenters. The molecule has 1 heterocycles. The molecule has 40 heavy (non-hydrogen) atoms. The summed E-state index contributed by atoms with van der Waals surface area (Å²) in [5, 5.41) is 0.848. The van der Waals surface area contributed by atoms with E-state index in [2.05, 4.69) is 15.9 Å². The van der Waals surface area contributed by atoms with Crippen molar-refractivity contribution in [2.75, 3.05) is 19.1 Å². The van der Waals surface area contributed by atoms with E-state index < -0.39 is 17.7 Å². The normalized spacial score (nSPS) is 14.5. The minimum Gasteiger partial charge on any atom is -0.497 e. The van der Waals surface area contributed by atoms with Crippen LogP contribution in [0, 0.1) is 6.92 Å². The van der Waals surface area contributed by atoms with Gasteiger partial charge in [0, 0.05) is 36.6 Å². The number of likely N-dealkylation sites (N-methyl/N-ethyl adjacent to an activating group) is 1. The van der Waals surface area contributed by atoms with Gasteiger partial charge in [0.25, 0.3) is 0 Å². The molecule has 0 N–H and O–H groups in total. The Bertz CT molecular complexity index is 1460. The Labute approximate surface area is 253 Å². The van der Waals surface area contributed by atoms with Gasteiger partial charge in [-0.15, -0.1) is 0 Å². The number of ether oxygens (including phenoxy) is 3. The van der Waals surface area contributed by atoms with Gasteiger partial charge in [-0.3, -0.25) is 9.69 Å². The molecule has 0 aliphatic carbocycles. The number of hydrogen-bond acceptors (Lipinski definition) is 5. The topological polar surface area (TPSA) is 68.3 Å². The second-order valence-electron chi connectivity index (χ2n) is 10.6. The van der Waals surface area contributed by atoms with Crippen LogP contribution in [0.25, 0.3) is 0 Å². The van der Waals surface area contributed by atoms with Crippen molar-refractivity contribution < 1.29 is 23.8 Å². The minimum absolute atomic E-state index is 0.205. The number of carbonyl (C=O) groups is 2. The van der Waals surface area contributed by atoms with Gasteiger partial charge in [0.05, 0.1) is 22.8 Å². The fourth-order valence-electron chi connectivity index (χ4n) is 4.54. The molecule has 0 radical (unpaired) electrons. The number of methoxy groups -OCH3 is 1. The quantitative estimate of drug-likeness (QED) is 0.269. The Hall–Kier alpha value is -2.94. The summed E-state index contributed by atoms with van der Waals surface area (Å²) in [6.07, 6.45) is -0.193. The first-order valence-electron chi connectivity index (χ1n) is 12.6. The van der Waals surface area contributed by atoms with E-state index in [0.717, 1.165) is 21.2 Å². The van der Waals surface area contributed by atoms with Crippen LogP contribution in [0.1, 0.15) is 37.5 Å². The Morgan fingerprint density at radius 2 is 1.70 bits per heavy atom. The first kappa shape index (κ1) is 30.0. The van der Waals surface area contributed by atoms with E-state index in [4.69, 9.17) is 37.4 Å². The molecule has 0 aromatic heterocycles. The lowest BCUT2D eigenvalue weighted by Gasteiger charge is -2.31. The average Bonchev–Trinajstić information content (AvgIpc) is 3.26. The minimum atomic E-state index is -0.753. The third-order valence-electron chi connectivity index (χ3n) is 6.44. The fraction of sp³-hybridized carbons (Fsp3) is 0.333. The van der Waals surface area contributed by atoms with Crippen LogP contribution in [0.5, 0.6) is 17.2 Å². The predicted octanol–water partition coefficient (Wildman–Crippen LogP) is 8.19. The average molecular weight is 650 g/mol. The summed E-state index contributed by atoms with van der Waals surface area (Å²) < 4.78 is 17.8. The standard InChI is InChI=1S/C30H31BrCl2N2O5/c1-17-11-21(38-6)14-26-22(17)15-27(35(26)29(37)40-30(2,3)4)28(36)34(5)16-18-7-8-19(12-23(18)31)39-20-9-10-24(32)25(33)13-20/h7-14,27H,15-16H2,1-6H3. The Kier molecular flexibility index (Phi) is 8.93. The zero-order chi connectivity index (χ0) is 29.4. The number of carbonyl (C=O) groups excluding carboxylic acids is 2. The summed E-state index contributed by atoms with van der Waals surface area (Å²) in [4.78, 5) is 30.3. The lowest BCUT2D eigenvalue weighted by molar-refractivity contribution is -0.131. The van der Waals surface area contributed by atoms with E-state index in [1.807, 2.05) is 31.2 Å². The number of nitrogens with zero attached hydrogens (tertiary/aromatic N) is 2. The number of aryl methyl sites for hydroxylation is 1. The van der Waals surface area contributed by atoms with Crippen molar-refractivity contribution >= 4 is 56.8 Å². The zero-order valence-electron chi connectivity index (χ0n) is 23.2. The highest BCUT2D eigenvalue weighted by Gasteiger charge is 2.42. The smallest absolute Gasteiger partial charge is 0.415 e. The molecule has 1 aliphatic rings. The number of hydrogen-bond donors (Lipinski definition) is 0. The molecular weight excluding hydrogens is 619 g/mol. The molecule has 3 aromatic carbocycles. The van der Waals surface area contributed by atoms with Gasteiger partial charge in [0.15, 0.2) is 0 Å². The maximum Gasteiger partial charge on any atom is 0.415 e. The first-order valence-corrected chi connectivity index (χ1v) is 14.2. The number of amides is 2. The third kappa shape index (κ3) is 6.67. The number of benzene rings is 3. The van der Waals surface area contributed by atoms with Gasteiger partial charge in [-0.1, -0.05) is 45.2 Å². The van der Waals surface area contributed by atoms with Crippen LogP contribution < -0.4 is 14.4 Å². The lowest BCUT2D eigenvalue weighted by Crippen LogP contribution is -2.49. The van der Waals surface area contributed by atoms with E-state index in [1.54, 1.807) is 64.1 Å². The van der Waals surface area contributed by atoms with Gasteiger partial charge >= 0.3 is 6.09 Å². The van der Waals surface area contributed by atoms with Crippen molar-refractivity contribution in [1.29, 1.82) is 0 Å². The molecule has 0 saturated heterocycles. The summed E-state index contributed by atoms with van der Waals surface area (Å²) in [5.74, 6) is 1.55. The van der Waals surface area contributed by atoms with E-state index >= 15 is 0 Å². The monoisotopic (exact) mass is 648 g/mol. The number of halogens is 3. The zero-order valence-corrected chi connectivity index (χ0v) is 26.3. The molecule has 1 unspecified atom stereocenters. The van der Waals surface area contributed by atoms with Gasteiger partial charge in [0.1, 0.15) is 28.9 Å². The van der Waals surface area contributed by atoms with E-state index in [9.17, 15) is 9.59 Å². The van der Waals surface area contributed by atoms with Crippen LogP contribution in [-0.2, 0) is 22.5 Å². The molecule has 0 bridgehead atoms. The molecule has 0 fully saturated rings. The highest BCUT2D eigenvalue weighted by Crippen LogP contribution is 2.39. The molecule has 4 rings (SSSR count). The summed E-state index contributed by atoms with van der Waals surface area (Å²) in [6, 6.07) is 13.5. The summed E-state index contributed by atoms with van der Waals surface area (Å²) in [6.45, 7) is 7.66. The van der Waals surface area contributed by atoms with Crippen molar-refractivity contribution in [3.05, 3.63) is 79.7 Å². The van der Waals surface area contributed by atoms with Gasteiger partial charge in [-0.25, -0.2) is 4.79 Å². The van der Waals surface area contributed by atoms with Crippen LogP contribution in [-0.4, -0.2) is 42.7 Å². The molecule has 7 nitrogen and oxygen atoms in total. The molecule has 0 spiro atoms. The van der Waals surface area contributed by atoms with E-state index in [-0.39, 0.29) is 5.91 Å². The Morgan fingerprint density at radius 3 is 2.33 bits per heavy atom. The molecule has 1 aliphatic heterocycles. The Balaban J connectivity index is 1.55. The highest BCUT2D eigenvalue weighted by molar-refractivity contribution is 9.10. The lowest BCUT2D eigenvalue weighted by atomic mass is 10.0. The molecule has 2 amide bonds. The van der Waals surface area contributed by atoms with Crippen molar-refractivity contribution in [1.82, 2.24) is 4.90 Å². The van der Waals surface area contributed by atoms with Crippen molar-refractivity contribution in [2.45, 2.75) is 52.3 Å². The molecule has 212 valence electrons. The number of rotatable bonds is 6. The van der Waals surface area contributed by atoms with E-state index in [0.29, 0.717) is 45.9 Å². The second-order valence-corrected chi connectivity index (χ2v) is 12.3. The van der Waals surface area contributed by atoms with Crippen LogP contribution in [0.2, 0.25) is 10.0 Å². The fourth-order valence-corrected chi connectivity index (χ4v) is 5.31. The van der Waals surface area contributed by atoms with Crippen molar-refractivity contribution in [2.24, 2.45) is 0 Å². The molecule has 10 heteroatoms. The Morgan fingerprint density at radius 1 is 1.02 bits per heavy atom. The van der Waals surface area contributed by atoms with Gasteiger partial charge in [-0.2, -0.15) is 0 Å². The summed E-state index contributed by atoms with van der Waals surface area (Å²) >= 11 is 15.7.